The molecule has 4 rings (SSSR count). The zero-order valence-corrected chi connectivity index (χ0v) is 17.5. The van der Waals surface area contributed by atoms with Gasteiger partial charge in [-0.1, -0.05) is 13.8 Å². The molecule has 1 saturated heterocycles. The Morgan fingerprint density at radius 3 is 2.41 bits per heavy atom. The lowest BCUT2D eigenvalue weighted by Gasteiger charge is -2.29. The summed E-state index contributed by atoms with van der Waals surface area (Å²) in [7, 11) is 0. The van der Waals surface area contributed by atoms with Gasteiger partial charge in [-0.25, -0.2) is 9.50 Å². The molecule has 1 aliphatic heterocycles. The molecule has 2 fully saturated rings. The molecule has 1 atom stereocenters. The molecular weight excluding hydrogens is 377 g/mol. The molecule has 1 aliphatic carbocycles. The van der Waals surface area contributed by atoms with E-state index in [4.69, 9.17) is 10.1 Å². The van der Waals surface area contributed by atoms with Crippen molar-refractivity contribution in [2.45, 2.75) is 83.2 Å². The van der Waals surface area contributed by atoms with Gasteiger partial charge in [-0.15, -0.1) is 0 Å². The van der Waals surface area contributed by atoms with Gasteiger partial charge in [-0.3, -0.25) is 0 Å². The lowest BCUT2D eigenvalue weighted by atomic mass is 9.80. The third kappa shape index (κ3) is 4.03. The van der Waals surface area contributed by atoms with Gasteiger partial charge in [0, 0.05) is 30.1 Å². The zero-order chi connectivity index (χ0) is 20.8. The van der Waals surface area contributed by atoms with Crippen molar-refractivity contribution in [3.05, 3.63) is 28.7 Å². The highest BCUT2D eigenvalue weighted by molar-refractivity contribution is 5.47. The summed E-state index contributed by atoms with van der Waals surface area (Å²) in [5, 5.41) is 8.43. The third-order valence-corrected chi connectivity index (χ3v) is 6.75. The quantitative estimate of drug-likeness (QED) is 0.733. The molecule has 7 heteroatoms. The molecule has 1 N–H and O–H groups in total. The number of halogens is 3. The predicted molar refractivity (Wildman–Crippen MR) is 107 cm³/mol. The van der Waals surface area contributed by atoms with E-state index >= 15 is 0 Å². The minimum atomic E-state index is -4.07. The van der Waals surface area contributed by atoms with Gasteiger partial charge in [0.1, 0.15) is 0 Å². The molecule has 2 aromatic heterocycles. The molecule has 0 spiro atoms. The molecular formula is C22H31F3N4. The fourth-order valence-corrected chi connectivity index (χ4v) is 5.28. The molecule has 1 saturated carbocycles. The number of alkyl halides is 3. The Balaban J connectivity index is 1.70. The minimum Gasteiger partial charge on any atom is -0.316 e. The van der Waals surface area contributed by atoms with E-state index in [9.17, 15) is 13.2 Å². The van der Waals surface area contributed by atoms with Gasteiger partial charge < -0.3 is 5.32 Å². The van der Waals surface area contributed by atoms with Gasteiger partial charge in [0.05, 0.1) is 17.3 Å². The second-order valence-corrected chi connectivity index (χ2v) is 9.12. The summed E-state index contributed by atoms with van der Waals surface area (Å²) >= 11 is 0. The Hall–Kier alpha value is -1.63. The van der Waals surface area contributed by atoms with Gasteiger partial charge in [0.15, 0.2) is 5.65 Å². The van der Waals surface area contributed by atoms with Crippen molar-refractivity contribution in [2.24, 2.45) is 5.92 Å². The molecule has 29 heavy (non-hydrogen) atoms. The summed E-state index contributed by atoms with van der Waals surface area (Å²) < 4.78 is 41.1. The van der Waals surface area contributed by atoms with E-state index in [1.165, 1.54) is 11.3 Å². The number of fused-ring (bicyclic) bond motifs is 1. The highest BCUT2D eigenvalue weighted by atomic mass is 19.4. The summed E-state index contributed by atoms with van der Waals surface area (Å²) in [5.41, 5.74) is 5.29. The topological polar surface area (TPSA) is 42.2 Å². The van der Waals surface area contributed by atoms with E-state index in [1.54, 1.807) is 0 Å². The van der Waals surface area contributed by atoms with Crippen molar-refractivity contribution in [3.8, 4) is 0 Å². The maximum absolute atomic E-state index is 13.0. The van der Waals surface area contributed by atoms with E-state index < -0.39 is 12.1 Å². The molecule has 160 valence electrons. The van der Waals surface area contributed by atoms with Crippen LogP contribution in [0.15, 0.2) is 6.07 Å². The number of piperidine rings is 1. The second kappa shape index (κ2) is 7.89. The van der Waals surface area contributed by atoms with E-state index in [0.29, 0.717) is 24.7 Å². The Morgan fingerprint density at radius 2 is 1.83 bits per heavy atom. The van der Waals surface area contributed by atoms with Crippen molar-refractivity contribution in [3.63, 3.8) is 0 Å². The Labute approximate surface area is 170 Å². The van der Waals surface area contributed by atoms with Crippen molar-refractivity contribution in [1.29, 1.82) is 0 Å². The molecule has 0 amide bonds. The van der Waals surface area contributed by atoms with Crippen LogP contribution in [-0.4, -0.2) is 33.9 Å². The molecule has 2 aromatic rings. The SMILES string of the molecule is Cc1nc2cc(C3CCC(C(F)(F)F)CC3)nn2c(C2CCCNC2)c1C(C)C. The van der Waals surface area contributed by atoms with Crippen LogP contribution in [0.3, 0.4) is 0 Å². The normalized spacial score (nSPS) is 26.4. The van der Waals surface area contributed by atoms with Gasteiger partial charge in [0.2, 0.25) is 0 Å². The molecule has 0 aromatic carbocycles. The van der Waals surface area contributed by atoms with E-state index in [-0.39, 0.29) is 18.8 Å². The van der Waals surface area contributed by atoms with Crippen molar-refractivity contribution in [2.75, 3.05) is 13.1 Å². The Morgan fingerprint density at radius 1 is 1.10 bits per heavy atom. The third-order valence-electron chi connectivity index (χ3n) is 6.75. The van der Waals surface area contributed by atoms with Crippen LogP contribution < -0.4 is 5.32 Å². The van der Waals surface area contributed by atoms with Crippen molar-refractivity contribution >= 4 is 5.65 Å². The molecule has 1 unspecified atom stereocenters. The lowest BCUT2D eigenvalue weighted by Crippen LogP contribution is -2.31. The number of hydrogen-bond donors (Lipinski definition) is 1. The van der Waals surface area contributed by atoms with E-state index in [2.05, 4.69) is 26.1 Å². The average Bonchev–Trinajstić information content (AvgIpc) is 3.10. The number of aryl methyl sites for hydroxylation is 1. The monoisotopic (exact) mass is 408 g/mol. The van der Waals surface area contributed by atoms with Crippen LogP contribution in [0.2, 0.25) is 0 Å². The number of rotatable bonds is 3. The Kier molecular flexibility index (Phi) is 5.62. The van der Waals surface area contributed by atoms with Crippen LogP contribution in [0.1, 0.15) is 92.8 Å². The highest BCUT2D eigenvalue weighted by Gasteiger charge is 2.42. The summed E-state index contributed by atoms with van der Waals surface area (Å²) in [6, 6.07) is 2.01. The molecule has 2 aliphatic rings. The highest BCUT2D eigenvalue weighted by Crippen LogP contribution is 2.43. The number of nitrogens with zero attached hydrogens (tertiary/aromatic N) is 3. The van der Waals surface area contributed by atoms with Crippen LogP contribution >= 0.6 is 0 Å². The Bertz CT molecular complexity index is 857. The largest absolute Gasteiger partial charge is 0.391 e. The first kappa shape index (κ1) is 20.6. The van der Waals surface area contributed by atoms with Crippen LogP contribution in [-0.2, 0) is 0 Å². The number of nitrogens with one attached hydrogen (secondary N) is 1. The summed E-state index contributed by atoms with van der Waals surface area (Å²) in [4.78, 5) is 4.82. The van der Waals surface area contributed by atoms with Crippen LogP contribution in [0.5, 0.6) is 0 Å². The molecule has 4 nitrogen and oxygen atoms in total. The fraction of sp³-hybridized carbons (Fsp3) is 0.727. The summed E-state index contributed by atoms with van der Waals surface area (Å²) in [6.45, 7) is 8.44. The van der Waals surface area contributed by atoms with Gasteiger partial charge >= 0.3 is 6.18 Å². The molecule has 0 radical (unpaired) electrons. The maximum Gasteiger partial charge on any atom is 0.391 e. The fourth-order valence-electron chi connectivity index (χ4n) is 5.28. The molecule has 3 heterocycles. The summed E-state index contributed by atoms with van der Waals surface area (Å²) in [6.07, 6.45) is -0.321. The maximum atomic E-state index is 13.0. The van der Waals surface area contributed by atoms with Crippen LogP contribution in [0.4, 0.5) is 13.2 Å². The standard InChI is InChI=1S/C22H31F3N4/c1-13(2)20-14(3)27-19-11-18(15-6-8-17(9-7-15)22(23,24)25)28-29(19)21(20)16-5-4-10-26-12-16/h11,13,15-17,26H,4-10,12H2,1-3H3. The van der Waals surface area contributed by atoms with Crippen LogP contribution in [0.25, 0.3) is 5.65 Å². The van der Waals surface area contributed by atoms with Crippen molar-refractivity contribution in [1.82, 2.24) is 19.9 Å². The van der Waals surface area contributed by atoms with Gasteiger partial charge in [0.25, 0.3) is 0 Å². The first-order chi connectivity index (χ1) is 13.8. The first-order valence-corrected chi connectivity index (χ1v) is 10.9. The second-order valence-electron chi connectivity index (χ2n) is 9.12. The van der Waals surface area contributed by atoms with E-state index in [0.717, 1.165) is 43.0 Å². The van der Waals surface area contributed by atoms with E-state index in [1.807, 2.05) is 10.6 Å². The predicted octanol–water partition coefficient (Wildman–Crippen LogP) is 5.46. The average molecular weight is 409 g/mol. The van der Waals surface area contributed by atoms with Gasteiger partial charge in [-0.05, 0) is 63.5 Å². The first-order valence-electron chi connectivity index (χ1n) is 10.9. The van der Waals surface area contributed by atoms with Gasteiger partial charge in [-0.2, -0.15) is 18.3 Å². The lowest BCUT2D eigenvalue weighted by molar-refractivity contribution is -0.182. The number of hydrogen-bond acceptors (Lipinski definition) is 3. The number of aromatic nitrogens is 3. The smallest absolute Gasteiger partial charge is 0.316 e. The summed E-state index contributed by atoms with van der Waals surface area (Å²) in [5.74, 6) is -0.333. The van der Waals surface area contributed by atoms with Crippen molar-refractivity contribution < 1.29 is 13.2 Å². The minimum absolute atomic E-state index is 0.0930. The molecule has 0 bridgehead atoms. The zero-order valence-electron chi connectivity index (χ0n) is 17.5. The van der Waals surface area contributed by atoms with Crippen LogP contribution in [0, 0.1) is 12.8 Å².